The molecule has 1 aromatic rings. The number of amides is 2. The first-order chi connectivity index (χ1) is 8.56. The predicted molar refractivity (Wildman–Crippen MR) is 65.8 cm³/mol. The van der Waals surface area contributed by atoms with Crippen molar-refractivity contribution in [2.45, 2.75) is 31.7 Å². The fourth-order valence-electron chi connectivity index (χ4n) is 2.10. The van der Waals surface area contributed by atoms with Gasteiger partial charge in [0.05, 0.1) is 5.69 Å². The van der Waals surface area contributed by atoms with E-state index in [4.69, 9.17) is 5.11 Å². The van der Waals surface area contributed by atoms with Gasteiger partial charge in [-0.05, 0) is 12.8 Å². The Morgan fingerprint density at radius 3 is 2.22 bits per heavy atom. The number of urea groups is 1. The Kier molecular flexibility index (Phi) is 3.45. The highest BCUT2D eigenvalue weighted by Gasteiger charge is 2.17. The van der Waals surface area contributed by atoms with Crippen molar-refractivity contribution in [3.63, 3.8) is 0 Å². The number of aromatic hydroxyl groups is 3. The van der Waals surface area contributed by atoms with Gasteiger partial charge in [0.25, 0.3) is 0 Å². The van der Waals surface area contributed by atoms with Crippen molar-refractivity contribution in [3.8, 4) is 17.2 Å². The van der Waals surface area contributed by atoms with Crippen LogP contribution in [0.5, 0.6) is 17.2 Å². The number of anilines is 1. The smallest absolute Gasteiger partial charge is 0.319 e. The average molecular weight is 252 g/mol. The molecule has 0 aliphatic heterocycles. The first kappa shape index (κ1) is 12.3. The standard InChI is InChI=1S/C12H16N2O4/c15-9-5-8(6-10(16)11(9)17)14-12(18)13-7-3-1-2-4-7/h5-7,15-17H,1-4H2,(H2,13,14,18). The second-order valence-electron chi connectivity index (χ2n) is 4.44. The van der Waals surface area contributed by atoms with Crippen molar-refractivity contribution in [2.24, 2.45) is 0 Å². The summed E-state index contributed by atoms with van der Waals surface area (Å²) in [5, 5.41) is 33.1. The highest BCUT2D eigenvalue weighted by Crippen LogP contribution is 2.37. The van der Waals surface area contributed by atoms with Gasteiger partial charge in [-0.1, -0.05) is 12.8 Å². The molecule has 1 saturated carbocycles. The number of phenolic OH excluding ortho intramolecular Hbond substituents is 3. The van der Waals surface area contributed by atoms with Crippen molar-refractivity contribution in [2.75, 3.05) is 5.32 Å². The normalized spacial score (nSPS) is 15.6. The van der Waals surface area contributed by atoms with Crippen molar-refractivity contribution in [3.05, 3.63) is 12.1 Å². The Hall–Kier alpha value is -2.11. The molecule has 98 valence electrons. The largest absolute Gasteiger partial charge is 0.504 e. The van der Waals surface area contributed by atoms with E-state index in [-0.39, 0.29) is 17.8 Å². The van der Waals surface area contributed by atoms with Crippen LogP contribution >= 0.6 is 0 Å². The van der Waals surface area contributed by atoms with E-state index in [1.807, 2.05) is 0 Å². The van der Waals surface area contributed by atoms with Gasteiger partial charge in [-0.3, -0.25) is 0 Å². The first-order valence-electron chi connectivity index (χ1n) is 5.88. The zero-order chi connectivity index (χ0) is 13.1. The lowest BCUT2D eigenvalue weighted by Crippen LogP contribution is -2.36. The van der Waals surface area contributed by atoms with Crippen LogP contribution in [0.1, 0.15) is 25.7 Å². The Morgan fingerprint density at radius 1 is 1.11 bits per heavy atom. The summed E-state index contributed by atoms with van der Waals surface area (Å²) in [6, 6.07) is 2.14. The van der Waals surface area contributed by atoms with Crippen LogP contribution in [0.2, 0.25) is 0 Å². The third-order valence-corrected chi connectivity index (χ3v) is 3.02. The topological polar surface area (TPSA) is 102 Å². The van der Waals surface area contributed by atoms with E-state index in [0.717, 1.165) is 25.7 Å². The molecule has 0 radical (unpaired) electrons. The molecule has 0 aromatic heterocycles. The lowest BCUT2D eigenvalue weighted by atomic mass is 10.2. The lowest BCUT2D eigenvalue weighted by Gasteiger charge is -2.13. The molecule has 0 atom stereocenters. The number of carbonyl (C=O) groups is 1. The molecule has 0 unspecified atom stereocenters. The molecule has 0 spiro atoms. The van der Waals surface area contributed by atoms with Crippen LogP contribution in [0, 0.1) is 0 Å². The van der Waals surface area contributed by atoms with Gasteiger partial charge in [-0.25, -0.2) is 4.79 Å². The monoisotopic (exact) mass is 252 g/mol. The molecule has 2 amide bonds. The van der Waals surface area contributed by atoms with Crippen LogP contribution in [0.25, 0.3) is 0 Å². The molecule has 1 fully saturated rings. The van der Waals surface area contributed by atoms with E-state index in [9.17, 15) is 15.0 Å². The van der Waals surface area contributed by atoms with Gasteiger partial charge >= 0.3 is 6.03 Å². The van der Waals surface area contributed by atoms with E-state index >= 15 is 0 Å². The van der Waals surface area contributed by atoms with Gasteiger partial charge < -0.3 is 26.0 Å². The van der Waals surface area contributed by atoms with Crippen LogP contribution in [0.4, 0.5) is 10.5 Å². The summed E-state index contributed by atoms with van der Waals surface area (Å²) < 4.78 is 0. The zero-order valence-corrected chi connectivity index (χ0v) is 9.81. The highest BCUT2D eigenvalue weighted by atomic mass is 16.3. The molecule has 0 bridgehead atoms. The first-order valence-corrected chi connectivity index (χ1v) is 5.88. The van der Waals surface area contributed by atoms with Crippen LogP contribution in [0.3, 0.4) is 0 Å². The number of nitrogens with one attached hydrogen (secondary N) is 2. The summed E-state index contributed by atoms with van der Waals surface area (Å²) in [6.07, 6.45) is 4.18. The summed E-state index contributed by atoms with van der Waals surface area (Å²) in [4.78, 5) is 11.6. The predicted octanol–water partition coefficient (Wildman–Crippen LogP) is 1.87. The van der Waals surface area contributed by atoms with Crippen molar-refractivity contribution in [1.29, 1.82) is 0 Å². The van der Waals surface area contributed by atoms with E-state index < -0.39 is 17.2 Å². The molecule has 18 heavy (non-hydrogen) atoms. The van der Waals surface area contributed by atoms with E-state index in [1.165, 1.54) is 12.1 Å². The molecule has 1 aliphatic carbocycles. The molecule has 6 heteroatoms. The average Bonchev–Trinajstić information content (AvgIpc) is 2.78. The van der Waals surface area contributed by atoms with Crippen LogP contribution in [-0.2, 0) is 0 Å². The number of carbonyl (C=O) groups excluding carboxylic acids is 1. The Balaban J connectivity index is 1.98. The number of phenols is 3. The third kappa shape index (κ3) is 2.77. The Morgan fingerprint density at radius 2 is 1.67 bits per heavy atom. The summed E-state index contributed by atoms with van der Waals surface area (Å²) in [5.74, 6) is -1.56. The number of benzene rings is 1. The lowest BCUT2D eigenvalue weighted by molar-refractivity contribution is 0.248. The van der Waals surface area contributed by atoms with Crippen molar-refractivity contribution < 1.29 is 20.1 Å². The quantitative estimate of drug-likeness (QED) is 0.409. The highest BCUT2D eigenvalue weighted by molar-refractivity contribution is 5.90. The van der Waals surface area contributed by atoms with Gasteiger partial charge in [0, 0.05) is 18.2 Å². The zero-order valence-electron chi connectivity index (χ0n) is 9.81. The minimum Gasteiger partial charge on any atom is -0.504 e. The fraction of sp³-hybridized carbons (Fsp3) is 0.417. The maximum atomic E-state index is 11.6. The van der Waals surface area contributed by atoms with Crippen molar-refractivity contribution in [1.82, 2.24) is 5.32 Å². The molecule has 2 rings (SSSR count). The van der Waals surface area contributed by atoms with Gasteiger partial charge in [-0.2, -0.15) is 0 Å². The van der Waals surface area contributed by atoms with Crippen LogP contribution in [-0.4, -0.2) is 27.4 Å². The number of hydrogen-bond donors (Lipinski definition) is 5. The minimum absolute atomic E-state index is 0.185. The maximum Gasteiger partial charge on any atom is 0.319 e. The van der Waals surface area contributed by atoms with Crippen molar-refractivity contribution >= 4 is 11.7 Å². The van der Waals surface area contributed by atoms with Gasteiger partial charge in [0.2, 0.25) is 0 Å². The van der Waals surface area contributed by atoms with Gasteiger partial charge in [-0.15, -0.1) is 0 Å². The molecule has 5 N–H and O–H groups in total. The molecule has 1 aromatic carbocycles. The molecular weight excluding hydrogens is 236 g/mol. The Bertz CT molecular complexity index is 432. The summed E-state index contributed by atoms with van der Waals surface area (Å²) in [5.41, 5.74) is 0.221. The summed E-state index contributed by atoms with van der Waals surface area (Å²) in [7, 11) is 0. The Labute approximate surface area is 104 Å². The maximum absolute atomic E-state index is 11.6. The van der Waals surface area contributed by atoms with Gasteiger partial charge in [0.1, 0.15) is 0 Å². The number of rotatable bonds is 2. The minimum atomic E-state index is -0.600. The molecule has 0 saturated heterocycles. The molecule has 1 aliphatic rings. The van der Waals surface area contributed by atoms with Crippen LogP contribution < -0.4 is 10.6 Å². The third-order valence-electron chi connectivity index (χ3n) is 3.02. The SMILES string of the molecule is O=C(Nc1cc(O)c(O)c(O)c1)NC1CCCC1. The molecular formula is C12H16N2O4. The molecule has 0 heterocycles. The van der Waals surface area contributed by atoms with E-state index in [2.05, 4.69) is 10.6 Å². The van der Waals surface area contributed by atoms with Crippen LogP contribution in [0.15, 0.2) is 12.1 Å². The summed E-state index contributed by atoms with van der Waals surface area (Å²) >= 11 is 0. The summed E-state index contributed by atoms with van der Waals surface area (Å²) in [6.45, 7) is 0. The van der Waals surface area contributed by atoms with E-state index in [1.54, 1.807) is 0 Å². The second-order valence-corrected chi connectivity index (χ2v) is 4.44. The second kappa shape index (κ2) is 5.03. The van der Waals surface area contributed by atoms with Gasteiger partial charge in [0.15, 0.2) is 17.2 Å². The molecule has 6 nitrogen and oxygen atoms in total. The van der Waals surface area contributed by atoms with E-state index in [0.29, 0.717) is 0 Å². The fourth-order valence-corrected chi connectivity index (χ4v) is 2.10. The number of hydrogen-bond acceptors (Lipinski definition) is 4.